The van der Waals surface area contributed by atoms with Gasteiger partial charge in [0.05, 0.1) is 22.0 Å². The molecule has 1 heterocycles. The van der Waals surface area contributed by atoms with Crippen LogP contribution in [0.15, 0.2) is 71.1 Å². The highest BCUT2D eigenvalue weighted by atomic mass is 35.5. The third kappa shape index (κ3) is 3.73. The summed E-state index contributed by atoms with van der Waals surface area (Å²) in [6, 6.07) is 19.9. The van der Waals surface area contributed by atoms with Crippen molar-refractivity contribution < 1.29 is 0 Å². The minimum Gasteiger partial charge on any atom is -0.253 e. The summed E-state index contributed by atoms with van der Waals surface area (Å²) in [6.07, 6.45) is 1.78. The van der Waals surface area contributed by atoms with E-state index in [1.54, 1.807) is 18.3 Å². The van der Waals surface area contributed by atoms with Gasteiger partial charge in [0.2, 0.25) is 5.13 Å². The Labute approximate surface area is 164 Å². The number of halogens is 2. The van der Waals surface area contributed by atoms with Crippen LogP contribution in [-0.4, -0.2) is 11.2 Å². The molecule has 0 aliphatic carbocycles. The molecule has 6 heteroatoms. The molecule has 1 N–H and O–H groups in total. The topological polar surface area (TPSA) is 37.3 Å². The van der Waals surface area contributed by atoms with E-state index in [1.165, 1.54) is 22.1 Å². The van der Waals surface area contributed by atoms with Crippen LogP contribution in [0.4, 0.5) is 5.13 Å². The normalized spacial score (nSPS) is 11.3. The van der Waals surface area contributed by atoms with Crippen molar-refractivity contribution in [3.8, 4) is 11.3 Å². The Kier molecular flexibility index (Phi) is 4.89. The van der Waals surface area contributed by atoms with E-state index in [1.807, 2.05) is 29.6 Å². The predicted octanol–water partition coefficient (Wildman–Crippen LogP) is 6.72. The number of thiazole rings is 1. The number of nitrogens with zero attached hydrogens (tertiary/aromatic N) is 2. The second-order valence-electron chi connectivity index (χ2n) is 5.64. The van der Waals surface area contributed by atoms with Gasteiger partial charge in [-0.2, -0.15) is 5.10 Å². The fourth-order valence-corrected chi connectivity index (χ4v) is 3.53. The third-order valence-electron chi connectivity index (χ3n) is 3.87. The minimum absolute atomic E-state index is 0.515. The van der Waals surface area contributed by atoms with Crippen LogP contribution in [-0.2, 0) is 0 Å². The van der Waals surface area contributed by atoms with Crippen LogP contribution >= 0.6 is 34.5 Å². The molecule has 4 aromatic rings. The number of fused-ring (bicyclic) bond motifs is 1. The molecule has 0 aliphatic heterocycles. The number of hydrogen-bond acceptors (Lipinski definition) is 4. The Morgan fingerprint density at radius 2 is 1.77 bits per heavy atom. The van der Waals surface area contributed by atoms with Gasteiger partial charge in [0.15, 0.2) is 0 Å². The maximum Gasteiger partial charge on any atom is 0.203 e. The van der Waals surface area contributed by atoms with E-state index in [0.717, 1.165) is 16.8 Å². The first-order chi connectivity index (χ1) is 12.7. The van der Waals surface area contributed by atoms with Crippen molar-refractivity contribution in [2.24, 2.45) is 5.10 Å². The lowest BCUT2D eigenvalue weighted by Gasteiger charge is -2.00. The van der Waals surface area contributed by atoms with E-state index in [-0.39, 0.29) is 0 Å². The molecule has 0 bridgehead atoms. The monoisotopic (exact) mass is 397 g/mol. The van der Waals surface area contributed by atoms with E-state index in [2.05, 4.69) is 39.8 Å². The zero-order valence-corrected chi connectivity index (χ0v) is 15.8. The Bertz CT molecular complexity index is 1110. The van der Waals surface area contributed by atoms with Crippen LogP contribution in [0.5, 0.6) is 0 Å². The molecule has 0 unspecified atom stereocenters. The highest BCUT2D eigenvalue weighted by Gasteiger charge is 2.06. The predicted molar refractivity (Wildman–Crippen MR) is 113 cm³/mol. The highest BCUT2D eigenvalue weighted by Crippen LogP contribution is 2.30. The Balaban J connectivity index is 1.48. The summed E-state index contributed by atoms with van der Waals surface area (Å²) in [4.78, 5) is 4.52. The first kappa shape index (κ1) is 17.0. The largest absolute Gasteiger partial charge is 0.253 e. The molecule has 0 atom stereocenters. The fourth-order valence-electron chi connectivity index (χ4n) is 2.56. The van der Waals surface area contributed by atoms with Gasteiger partial charge >= 0.3 is 0 Å². The molecule has 4 rings (SSSR count). The quantitative estimate of drug-likeness (QED) is 0.306. The first-order valence-corrected chi connectivity index (χ1v) is 9.51. The van der Waals surface area contributed by atoms with Crippen molar-refractivity contribution in [3.05, 3.63) is 81.7 Å². The lowest BCUT2D eigenvalue weighted by atomic mass is 10.1. The Morgan fingerprint density at radius 3 is 2.62 bits per heavy atom. The lowest BCUT2D eigenvalue weighted by Crippen LogP contribution is -1.90. The first-order valence-electron chi connectivity index (χ1n) is 7.88. The third-order valence-corrected chi connectivity index (χ3v) is 5.35. The maximum absolute atomic E-state index is 6.07. The van der Waals surface area contributed by atoms with Crippen molar-refractivity contribution in [1.29, 1.82) is 0 Å². The molecule has 0 amide bonds. The Hall–Kier alpha value is -2.40. The van der Waals surface area contributed by atoms with Gasteiger partial charge < -0.3 is 0 Å². The summed E-state index contributed by atoms with van der Waals surface area (Å²) in [5.74, 6) is 0. The molecule has 0 spiro atoms. The average Bonchev–Trinajstić information content (AvgIpc) is 3.13. The summed E-state index contributed by atoms with van der Waals surface area (Å²) < 4.78 is 0. The van der Waals surface area contributed by atoms with E-state index < -0.39 is 0 Å². The molecule has 3 nitrogen and oxygen atoms in total. The molecular weight excluding hydrogens is 385 g/mol. The van der Waals surface area contributed by atoms with Gasteiger partial charge in [0, 0.05) is 10.9 Å². The zero-order chi connectivity index (χ0) is 17.9. The maximum atomic E-state index is 6.07. The number of benzene rings is 3. The summed E-state index contributed by atoms with van der Waals surface area (Å²) in [5, 5.41) is 10.4. The van der Waals surface area contributed by atoms with Gasteiger partial charge in [-0.3, -0.25) is 5.43 Å². The summed E-state index contributed by atoms with van der Waals surface area (Å²) >= 11 is 13.5. The van der Waals surface area contributed by atoms with Crippen LogP contribution in [0.1, 0.15) is 5.56 Å². The average molecular weight is 398 g/mol. The van der Waals surface area contributed by atoms with Gasteiger partial charge in [-0.05, 0) is 34.5 Å². The highest BCUT2D eigenvalue weighted by molar-refractivity contribution is 7.14. The molecule has 1 aromatic heterocycles. The number of rotatable bonds is 4. The standard InChI is InChI=1S/C20H13Cl2N3S/c21-17-8-7-16(10-18(17)22)19-12-26-20(24-19)25-23-11-13-5-6-14-3-1-2-4-15(14)9-13/h1-12H,(H,24,25)/b23-11+. The number of aromatic nitrogens is 1. The number of anilines is 1. The number of nitrogens with one attached hydrogen (secondary N) is 1. The molecule has 0 saturated carbocycles. The molecule has 0 aliphatic rings. The fraction of sp³-hybridized carbons (Fsp3) is 0. The van der Waals surface area contributed by atoms with Crippen molar-refractivity contribution in [1.82, 2.24) is 4.98 Å². The molecule has 0 fully saturated rings. The second kappa shape index (κ2) is 7.46. The van der Waals surface area contributed by atoms with Gasteiger partial charge in [-0.1, -0.05) is 65.7 Å². The molecule has 0 saturated heterocycles. The van der Waals surface area contributed by atoms with Crippen molar-refractivity contribution in [3.63, 3.8) is 0 Å². The lowest BCUT2D eigenvalue weighted by molar-refractivity contribution is 1.29. The van der Waals surface area contributed by atoms with E-state index in [0.29, 0.717) is 15.2 Å². The molecule has 26 heavy (non-hydrogen) atoms. The molecule has 0 radical (unpaired) electrons. The van der Waals surface area contributed by atoms with E-state index in [9.17, 15) is 0 Å². The van der Waals surface area contributed by atoms with Gasteiger partial charge in [-0.15, -0.1) is 11.3 Å². The van der Waals surface area contributed by atoms with Gasteiger partial charge in [0.25, 0.3) is 0 Å². The minimum atomic E-state index is 0.515. The van der Waals surface area contributed by atoms with Crippen molar-refractivity contribution in [2.45, 2.75) is 0 Å². The SMILES string of the molecule is Clc1ccc(-c2csc(N/N=C/c3ccc4ccccc4c3)n2)cc1Cl. The second-order valence-corrected chi connectivity index (χ2v) is 7.32. The van der Waals surface area contributed by atoms with Crippen LogP contribution in [0, 0.1) is 0 Å². The van der Waals surface area contributed by atoms with Crippen molar-refractivity contribution in [2.75, 3.05) is 5.43 Å². The molecular formula is C20H13Cl2N3S. The number of hydrogen-bond donors (Lipinski definition) is 1. The van der Waals surface area contributed by atoms with Crippen LogP contribution < -0.4 is 5.43 Å². The molecule has 3 aromatic carbocycles. The zero-order valence-electron chi connectivity index (χ0n) is 13.5. The van der Waals surface area contributed by atoms with E-state index >= 15 is 0 Å². The smallest absolute Gasteiger partial charge is 0.203 e. The summed E-state index contributed by atoms with van der Waals surface area (Å²) in [6.45, 7) is 0. The molecule has 128 valence electrons. The van der Waals surface area contributed by atoms with E-state index in [4.69, 9.17) is 23.2 Å². The summed E-state index contributed by atoms with van der Waals surface area (Å²) in [5.41, 5.74) is 5.75. The van der Waals surface area contributed by atoms with Crippen LogP contribution in [0.2, 0.25) is 10.0 Å². The van der Waals surface area contributed by atoms with Gasteiger partial charge in [-0.25, -0.2) is 4.98 Å². The number of hydrazone groups is 1. The summed E-state index contributed by atoms with van der Waals surface area (Å²) in [7, 11) is 0. The van der Waals surface area contributed by atoms with Gasteiger partial charge in [0.1, 0.15) is 0 Å². The Morgan fingerprint density at radius 1 is 0.923 bits per heavy atom. The van der Waals surface area contributed by atoms with Crippen LogP contribution in [0.3, 0.4) is 0 Å². The van der Waals surface area contributed by atoms with Crippen LogP contribution in [0.25, 0.3) is 22.0 Å². The van der Waals surface area contributed by atoms with Crippen molar-refractivity contribution >= 4 is 56.7 Å².